The van der Waals surface area contributed by atoms with Crippen molar-refractivity contribution < 1.29 is 19.4 Å². The van der Waals surface area contributed by atoms with Crippen LogP contribution >= 0.6 is 15.9 Å². The Morgan fingerprint density at radius 3 is 2.47 bits per heavy atom. The van der Waals surface area contributed by atoms with Crippen molar-refractivity contribution >= 4 is 21.9 Å². The van der Waals surface area contributed by atoms with Crippen molar-refractivity contribution in [2.45, 2.75) is 0 Å². The highest BCUT2D eigenvalue weighted by molar-refractivity contribution is 9.10. The minimum absolute atomic E-state index is 0.00908. The monoisotopic (exact) mass is 323 g/mol. The maximum absolute atomic E-state index is 11.1. The maximum Gasteiger partial charge on any atom is 0.341 e. The second kappa shape index (κ2) is 5.71. The molecular weight excluding hydrogens is 314 g/mol. The van der Waals surface area contributed by atoms with Gasteiger partial charge >= 0.3 is 5.97 Å². The average molecular weight is 324 g/mol. The van der Waals surface area contributed by atoms with E-state index in [1.165, 1.54) is 12.3 Å². The van der Waals surface area contributed by atoms with Crippen molar-refractivity contribution in [1.82, 2.24) is 4.98 Å². The molecule has 1 aromatic heterocycles. The number of benzene rings is 1. The van der Waals surface area contributed by atoms with E-state index in [0.29, 0.717) is 16.0 Å². The molecule has 1 aromatic carbocycles. The number of carbonyl (C=O) groups is 1. The summed E-state index contributed by atoms with van der Waals surface area (Å²) in [5.74, 6) is 0.117. The van der Waals surface area contributed by atoms with E-state index in [1.807, 2.05) is 0 Å². The number of rotatable bonds is 4. The number of pyridine rings is 1. The Bertz CT molecular complexity index is 598. The van der Waals surface area contributed by atoms with Gasteiger partial charge in [0.2, 0.25) is 5.88 Å². The molecule has 0 atom stereocenters. The summed E-state index contributed by atoms with van der Waals surface area (Å²) in [5, 5.41) is 9.09. The van der Waals surface area contributed by atoms with Gasteiger partial charge in [-0.25, -0.2) is 9.78 Å². The van der Waals surface area contributed by atoms with Gasteiger partial charge in [0.05, 0.1) is 7.11 Å². The summed E-state index contributed by atoms with van der Waals surface area (Å²) in [6.07, 6.45) is 1.48. The highest BCUT2D eigenvalue weighted by atomic mass is 79.9. The van der Waals surface area contributed by atoms with Crippen LogP contribution in [0.1, 0.15) is 10.4 Å². The van der Waals surface area contributed by atoms with E-state index in [4.69, 9.17) is 14.6 Å². The molecular formula is C13H10BrNO4. The maximum atomic E-state index is 11.1. The lowest BCUT2D eigenvalue weighted by molar-refractivity contribution is 0.0693. The van der Waals surface area contributed by atoms with Crippen LogP contribution in [0.3, 0.4) is 0 Å². The first-order valence-electron chi connectivity index (χ1n) is 5.31. The van der Waals surface area contributed by atoms with Crippen LogP contribution in [-0.4, -0.2) is 23.2 Å². The van der Waals surface area contributed by atoms with Crippen LogP contribution in [0.4, 0.5) is 0 Å². The molecule has 1 N–H and O–H groups in total. The lowest BCUT2D eigenvalue weighted by Crippen LogP contribution is -2.02. The van der Waals surface area contributed by atoms with E-state index in [1.54, 1.807) is 31.4 Å². The van der Waals surface area contributed by atoms with Gasteiger partial charge in [-0.3, -0.25) is 0 Å². The number of hydrogen-bond donors (Lipinski definition) is 1. The fourth-order valence-electron chi connectivity index (χ4n) is 1.42. The molecule has 2 aromatic rings. The number of nitrogens with zero attached hydrogens (tertiary/aromatic N) is 1. The Morgan fingerprint density at radius 2 is 1.89 bits per heavy atom. The number of aromatic nitrogens is 1. The molecule has 1 heterocycles. The largest absolute Gasteiger partial charge is 0.497 e. The highest BCUT2D eigenvalue weighted by Crippen LogP contribution is 2.26. The first-order valence-corrected chi connectivity index (χ1v) is 6.10. The molecule has 0 saturated carbocycles. The first-order chi connectivity index (χ1) is 9.10. The Hall–Kier alpha value is -2.08. The molecule has 0 fully saturated rings. The minimum Gasteiger partial charge on any atom is -0.497 e. The number of ether oxygens (including phenoxy) is 2. The lowest BCUT2D eigenvalue weighted by atomic mass is 10.2. The van der Waals surface area contributed by atoms with Gasteiger partial charge in [0.25, 0.3) is 0 Å². The van der Waals surface area contributed by atoms with Gasteiger partial charge < -0.3 is 14.6 Å². The van der Waals surface area contributed by atoms with Gasteiger partial charge in [0, 0.05) is 10.7 Å². The second-order valence-corrected chi connectivity index (χ2v) is 4.50. The van der Waals surface area contributed by atoms with Gasteiger partial charge in [-0.15, -0.1) is 0 Å². The van der Waals surface area contributed by atoms with Crippen molar-refractivity contribution in [3.63, 3.8) is 0 Å². The first kappa shape index (κ1) is 13.4. The number of carboxylic acids is 1. The zero-order valence-corrected chi connectivity index (χ0v) is 11.5. The summed E-state index contributed by atoms with van der Waals surface area (Å²) in [4.78, 5) is 15.1. The predicted molar refractivity (Wildman–Crippen MR) is 72.0 cm³/mol. The molecule has 0 aliphatic carbocycles. The van der Waals surface area contributed by atoms with Crippen molar-refractivity contribution in [1.29, 1.82) is 0 Å². The number of hydrogen-bond acceptors (Lipinski definition) is 4. The second-order valence-electron chi connectivity index (χ2n) is 3.59. The third kappa shape index (κ3) is 3.23. The van der Waals surface area contributed by atoms with Crippen LogP contribution in [0, 0.1) is 0 Å². The molecule has 0 unspecified atom stereocenters. The van der Waals surface area contributed by atoms with Crippen molar-refractivity contribution in [3.8, 4) is 17.4 Å². The Morgan fingerprint density at radius 1 is 1.26 bits per heavy atom. The van der Waals surface area contributed by atoms with Gasteiger partial charge in [-0.05, 0) is 46.3 Å². The molecule has 0 bridgehead atoms. The summed E-state index contributed by atoms with van der Waals surface area (Å²) in [5.41, 5.74) is -0.00908. The molecule has 98 valence electrons. The summed E-state index contributed by atoms with van der Waals surface area (Å²) in [6.45, 7) is 0. The number of carboxylic acid groups (broad SMARTS) is 1. The molecule has 6 heteroatoms. The van der Waals surface area contributed by atoms with Gasteiger partial charge in [-0.2, -0.15) is 0 Å². The normalized spacial score (nSPS) is 10.0. The minimum atomic E-state index is -1.10. The molecule has 0 aliphatic rings. The summed E-state index contributed by atoms with van der Waals surface area (Å²) in [6, 6.07) is 8.22. The standard InChI is InChI=1S/C13H10BrNO4/c1-18-9-2-4-10(5-3-9)19-12-11(13(16)17)6-8(14)7-15-12/h2-7H,1H3,(H,16,17). The molecule has 0 spiro atoms. The Labute approximate surface area is 117 Å². The van der Waals surface area contributed by atoms with Crippen LogP contribution in [0.25, 0.3) is 0 Å². The third-order valence-corrected chi connectivity index (χ3v) is 2.76. The topological polar surface area (TPSA) is 68.7 Å². The van der Waals surface area contributed by atoms with E-state index in [-0.39, 0.29) is 11.4 Å². The lowest BCUT2D eigenvalue weighted by Gasteiger charge is -2.08. The molecule has 19 heavy (non-hydrogen) atoms. The van der Waals surface area contributed by atoms with Crippen LogP contribution in [0.2, 0.25) is 0 Å². The van der Waals surface area contributed by atoms with Gasteiger partial charge in [-0.1, -0.05) is 0 Å². The number of aromatic carboxylic acids is 1. The van der Waals surface area contributed by atoms with E-state index in [9.17, 15) is 4.79 Å². The fraction of sp³-hybridized carbons (Fsp3) is 0.0769. The third-order valence-electron chi connectivity index (χ3n) is 2.32. The summed E-state index contributed by atoms with van der Waals surface area (Å²) < 4.78 is 11.1. The number of halogens is 1. The van der Waals surface area contributed by atoms with Crippen molar-refractivity contribution in [2.75, 3.05) is 7.11 Å². The fourth-order valence-corrected chi connectivity index (χ4v) is 1.75. The van der Waals surface area contributed by atoms with E-state index in [2.05, 4.69) is 20.9 Å². The quantitative estimate of drug-likeness (QED) is 0.934. The molecule has 0 radical (unpaired) electrons. The molecule has 2 rings (SSSR count). The summed E-state index contributed by atoms with van der Waals surface area (Å²) in [7, 11) is 1.56. The van der Waals surface area contributed by atoms with Crippen molar-refractivity contribution in [3.05, 3.63) is 46.6 Å². The van der Waals surface area contributed by atoms with Gasteiger partial charge in [0.1, 0.15) is 17.1 Å². The van der Waals surface area contributed by atoms with Gasteiger partial charge in [0.15, 0.2) is 0 Å². The predicted octanol–water partition coefficient (Wildman–Crippen LogP) is 3.34. The van der Waals surface area contributed by atoms with Crippen LogP contribution in [0.15, 0.2) is 41.0 Å². The van der Waals surface area contributed by atoms with Crippen LogP contribution in [-0.2, 0) is 0 Å². The van der Waals surface area contributed by atoms with Crippen LogP contribution < -0.4 is 9.47 Å². The highest BCUT2D eigenvalue weighted by Gasteiger charge is 2.14. The molecule has 0 aliphatic heterocycles. The average Bonchev–Trinajstić information content (AvgIpc) is 2.41. The Kier molecular flexibility index (Phi) is 4.01. The Balaban J connectivity index is 2.29. The van der Waals surface area contributed by atoms with Crippen LogP contribution in [0.5, 0.6) is 17.4 Å². The smallest absolute Gasteiger partial charge is 0.341 e. The van der Waals surface area contributed by atoms with E-state index >= 15 is 0 Å². The van der Waals surface area contributed by atoms with E-state index < -0.39 is 5.97 Å². The SMILES string of the molecule is COc1ccc(Oc2ncc(Br)cc2C(=O)O)cc1. The zero-order chi connectivity index (χ0) is 13.8. The van der Waals surface area contributed by atoms with Crippen molar-refractivity contribution in [2.24, 2.45) is 0 Å². The molecule has 0 saturated heterocycles. The molecule has 0 amide bonds. The summed E-state index contributed by atoms with van der Waals surface area (Å²) >= 11 is 3.17. The number of methoxy groups -OCH3 is 1. The zero-order valence-electron chi connectivity index (χ0n) is 9.96. The van der Waals surface area contributed by atoms with E-state index in [0.717, 1.165) is 0 Å². The molecule has 5 nitrogen and oxygen atoms in total.